The zero-order valence-corrected chi connectivity index (χ0v) is 17.0. The summed E-state index contributed by atoms with van der Waals surface area (Å²) in [5, 5.41) is 2.64. The number of hydrogen-bond donors (Lipinski definition) is 0. The Labute approximate surface area is 164 Å². The molecule has 1 amide bonds. The molecule has 2 aromatic rings. The molecule has 0 radical (unpaired) electrons. The molecule has 1 heterocycles. The number of thiazole rings is 1. The molecule has 0 N–H and O–H groups in total. The first kappa shape index (κ1) is 21.7. The Kier molecular flexibility index (Phi) is 9.21. The van der Waals surface area contributed by atoms with Crippen LogP contribution in [-0.4, -0.2) is 56.0 Å². The Morgan fingerprint density at radius 1 is 1.24 bits per heavy atom. The minimum Gasteiger partial charge on any atom is -0.497 e. The summed E-state index contributed by atoms with van der Waals surface area (Å²) < 4.78 is 5.17. The zero-order chi connectivity index (χ0) is 17.5. The summed E-state index contributed by atoms with van der Waals surface area (Å²) >= 11 is 7.21. The maximum absolute atomic E-state index is 12.1. The largest absolute Gasteiger partial charge is 0.497 e. The van der Waals surface area contributed by atoms with Crippen LogP contribution in [-0.2, 0) is 4.79 Å². The minimum atomic E-state index is -0.119. The zero-order valence-electron chi connectivity index (χ0n) is 14.6. The molecule has 0 aliphatic rings. The van der Waals surface area contributed by atoms with Crippen molar-refractivity contribution >= 4 is 46.4 Å². The van der Waals surface area contributed by atoms with Crippen LogP contribution in [0.4, 0.5) is 5.13 Å². The molecule has 0 saturated heterocycles. The van der Waals surface area contributed by atoms with Crippen molar-refractivity contribution in [3.8, 4) is 17.0 Å². The molecule has 0 spiro atoms. The predicted molar refractivity (Wildman–Crippen MR) is 108 cm³/mol. The lowest BCUT2D eigenvalue weighted by atomic mass is 10.2. The molecular formula is C17H23Cl2N3O2S. The van der Waals surface area contributed by atoms with Crippen LogP contribution in [0.2, 0.25) is 0 Å². The van der Waals surface area contributed by atoms with Crippen molar-refractivity contribution in [1.82, 2.24) is 9.88 Å². The van der Waals surface area contributed by atoms with Crippen molar-refractivity contribution in [2.75, 3.05) is 45.1 Å². The van der Waals surface area contributed by atoms with Gasteiger partial charge < -0.3 is 9.64 Å². The van der Waals surface area contributed by atoms with E-state index in [1.807, 2.05) is 43.7 Å². The number of benzene rings is 1. The molecule has 138 valence electrons. The molecule has 1 aromatic carbocycles. The molecular weight excluding hydrogens is 381 g/mol. The third-order valence-electron chi connectivity index (χ3n) is 3.51. The Bertz CT molecular complexity index is 662. The summed E-state index contributed by atoms with van der Waals surface area (Å²) in [5.41, 5.74) is 1.84. The van der Waals surface area contributed by atoms with Crippen molar-refractivity contribution < 1.29 is 9.53 Å². The highest BCUT2D eigenvalue weighted by Crippen LogP contribution is 2.29. The SMILES string of the molecule is COc1ccc(-c2csc(N(CCCN(C)C)C(=O)CCl)n2)cc1.Cl. The van der Waals surface area contributed by atoms with Crippen LogP contribution in [0, 0.1) is 0 Å². The van der Waals surface area contributed by atoms with Gasteiger partial charge in [-0.25, -0.2) is 4.98 Å². The summed E-state index contributed by atoms with van der Waals surface area (Å²) in [6.45, 7) is 1.52. The van der Waals surface area contributed by atoms with Gasteiger partial charge in [0.15, 0.2) is 5.13 Å². The molecule has 5 nitrogen and oxygen atoms in total. The Morgan fingerprint density at radius 2 is 1.92 bits per heavy atom. The van der Waals surface area contributed by atoms with E-state index in [9.17, 15) is 4.79 Å². The number of ether oxygens (including phenoxy) is 1. The van der Waals surface area contributed by atoms with E-state index in [2.05, 4.69) is 9.88 Å². The van der Waals surface area contributed by atoms with Crippen molar-refractivity contribution in [2.45, 2.75) is 6.42 Å². The summed E-state index contributed by atoms with van der Waals surface area (Å²) in [6.07, 6.45) is 0.868. The van der Waals surface area contributed by atoms with Gasteiger partial charge in [0, 0.05) is 17.5 Å². The third kappa shape index (κ3) is 6.15. The van der Waals surface area contributed by atoms with Gasteiger partial charge >= 0.3 is 0 Å². The number of halogens is 2. The highest BCUT2D eigenvalue weighted by Gasteiger charge is 2.18. The predicted octanol–water partition coefficient (Wildman–Crippen LogP) is 3.76. The van der Waals surface area contributed by atoms with Gasteiger partial charge in [-0.2, -0.15) is 0 Å². The number of anilines is 1. The monoisotopic (exact) mass is 403 g/mol. The number of nitrogens with zero attached hydrogens (tertiary/aromatic N) is 3. The summed E-state index contributed by atoms with van der Waals surface area (Å²) in [4.78, 5) is 20.5. The second-order valence-electron chi connectivity index (χ2n) is 5.58. The topological polar surface area (TPSA) is 45.7 Å². The standard InChI is InChI=1S/C17H22ClN3O2S.ClH/c1-20(2)9-4-10-21(16(22)11-18)17-19-15(12-24-17)13-5-7-14(23-3)8-6-13;/h5-8,12H,4,9-11H2,1-3H3;1H. The van der Waals surface area contributed by atoms with Gasteiger partial charge in [0.25, 0.3) is 0 Å². The Balaban J connectivity index is 0.00000312. The van der Waals surface area contributed by atoms with Gasteiger partial charge in [0.2, 0.25) is 5.91 Å². The quantitative estimate of drug-likeness (QED) is 0.629. The number of aromatic nitrogens is 1. The van der Waals surface area contributed by atoms with Crippen molar-refractivity contribution in [2.24, 2.45) is 0 Å². The van der Waals surface area contributed by atoms with E-state index >= 15 is 0 Å². The van der Waals surface area contributed by atoms with Gasteiger partial charge in [-0.15, -0.1) is 35.3 Å². The Hall–Kier alpha value is -1.34. The van der Waals surface area contributed by atoms with Crippen molar-refractivity contribution in [3.05, 3.63) is 29.6 Å². The first-order chi connectivity index (χ1) is 11.5. The second-order valence-corrected chi connectivity index (χ2v) is 6.68. The van der Waals surface area contributed by atoms with E-state index in [1.165, 1.54) is 11.3 Å². The molecule has 0 atom stereocenters. The van der Waals surface area contributed by atoms with E-state index in [0.717, 1.165) is 30.0 Å². The number of amides is 1. The molecule has 1 aromatic heterocycles. The molecule has 8 heteroatoms. The van der Waals surface area contributed by atoms with Crippen LogP contribution < -0.4 is 9.64 Å². The van der Waals surface area contributed by atoms with Gasteiger partial charge in [-0.05, 0) is 51.3 Å². The summed E-state index contributed by atoms with van der Waals surface area (Å²) in [7, 11) is 5.66. The highest BCUT2D eigenvalue weighted by atomic mass is 35.5. The first-order valence-corrected chi connectivity index (χ1v) is 9.07. The van der Waals surface area contributed by atoms with E-state index in [-0.39, 0.29) is 24.2 Å². The van der Waals surface area contributed by atoms with Crippen LogP contribution in [0.5, 0.6) is 5.75 Å². The smallest absolute Gasteiger partial charge is 0.243 e. The van der Waals surface area contributed by atoms with Gasteiger partial charge in [0.1, 0.15) is 11.6 Å². The van der Waals surface area contributed by atoms with Crippen molar-refractivity contribution in [1.29, 1.82) is 0 Å². The van der Waals surface area contributed by atoms with Crippen LogP contribution in [0.15, 0.2) is 29.6 Å². The number of alkyl halides is 1. The molecule has 0 aliphatic heterocycles. The lowest BCUT2D eigenvalue weighted by Crippen LogP contribution is -2.34. The van der Waals surface area contributed by atoms with E-state index in [4.69, 9.17) is 16.3 Å². The average Bonchev–Trinajstić information content (AvgIpc) is 3.07. The fourth-order valence-electron chi connectivity index (χ4n) is 2.23. The molecule has 0 aliphatic carbocycles. The normalized spacial score (nSPS) is 10.4. The summed E-state index contributed by atoms with van der Waals surface area (Å²) in [6, 6.07) is 7.70. The number of hydrogen-bond acceptors (Lipinski definition) is 5. The van der Waals surface area contributed by atoms with Crippen LogP contribution in [0.1, 0.15) is 6.42 Å². The summed E-state index contributed by atoms with van der Waals surface area (Å²) in [5.74, 6) is 0.641. The molecule has 25 heavy (non-hydrogen) atoms. The number of carbonyl (C=O) groups excluding carboxylic acids is 1. The lowest BCUT2D eigenvalue weighted by Gasteiger charge is -2.19. The van der Waals surface area contributed by atoms with Crippen molar-refractivity contribution in [3.63, 3.8) is 0 Å². The van der Waals surface area contributed by atoms with Crippen LogP contribution in [0.25, 0.3) is 11.3 Å². The van der Waals surface area contributed by atoms with Crippen LogP contribution >= 0.6 is 35.3 Å². The third-order valence-corrected chi connectivity index (χ3v) is 4.60. The average molecular weight is 404 g/mol. The molecule has 0 fully saturated rings. The van der Waals surface area contributed by atoms with Gasteiger partial charge in [-0.1, -0.05) is 0 Å². The molecule has 0 bridgehead atoms. The fourth-order valence-corrected chi connectivity index (χ4v) is 3.25. The minimum absolute atomic E-state index is 0. The maximum atomic E-state index is 12.1. The van der Waals surface area contributed by atoms with Crippen LogP contribution in [0.3, 0.4) is 0 Å². The number of rotatable bonds is 8. The maximum Gasteiger partial charge on any atom is 0.243 e. The highest BCUT2D eigenvalue weighted by molar-refractivity contribution is 7.14. The lowest BCUT2D eigenvalue weighted by molar-refractivity contribution is -0.116. The van der Waals surface area contributed by atoms with E-state index in [0.29, 0.717) is 11.7 Å². The molecule has 0 unspecified atom stereocenters. The number of methoxy groups -OCH3 is 1. The molecule has 2 rings (SSSR count). The number of carbonyl (C=O) groups is 1. The van der Waals surface area contributed by atoms with E-state index in [1.54, 1.807) is 12.0 Å². The fraction of sp³-hybridized carbons (Fsp3) is 0.412. The second kappa shape index (κ2) is 10.6. The Morgan fingerprint density at radius 3 is 2.48 bits per heavy atom. The van der Waals surface area contributed by atoms with Gasteiger partial charge in [0.05, 0.1) is 12.8 Å². The molecule has 0 saturated carbocycles. The van der Waals surface area contributed by atoms with Gasteiger partial charge in [-0.3, -0.25) is 9.69 Å². The first-order valence-electron chi connectivity index (χ1n) is 7.66. The van der Waals surface area contributed by atoms with E-state index < -0.39 is 0 Å².